The van der Waals surface area contributed by atoms with Crippen molar-refractivity contribution in [3.63, 3.8) is 0 Å². The van der Waals surface area contributed by atoms with Gasteiger partial charge >= 0.3 is 0 Å². The van der Waals surface area contributed by atoms with Crippen LogP contribution in [0, 0.1) is 0 Å². The average molecular weight is 288 g/mol. The van der Waals surface area contributed by atoms with Crippen LogP contribution in [0.2, 0.25) is 0 Å². The highest BCUT2D eigenvalue weighted by atomic mass is 32.2. The van der Waals surface area contributed by atoms with Crippen LogP contribution in [-0.4, -0.2) is 31.8 Å². The van der Waals surface area contributed by atoms with E-state index in [2.05, 4.69) is 25.4 Å². The molecule has 0 amide bonds. The van der Waals surface area contributed by atoms with Gasteiger partial charge in [0.2, 0.25) is 5.95 Å². The van der Waals surface area contributed by atoms with Crippen molar-refractivity contribution in [3.05, 3.63) is 42.6 Å². The summed E-state index contributed by atoms with van der Waals surface area (Å²) in [5.74, 6) is 2.53. The van der Waals surface area contributed by atoms with Crippen LogP contribution in [0.5, 0.6) is 0 Å². The lowest BCUT2D eigenvalue weighted by Crippen LogP contribution is -2.07. The lowest BCUT2D eigenvalue weighted by molar-refractivity contribution is 0.530. The average Bonchev–Trinajstić information content (AvgIpc) is 3.17. The highest BCUT2D eigenvalue weighted by Crippen LogP contribution is 2.20. The molecule has 102 valence electrons. The van der Waals surface area contributed by atoms with Gasteiger partial charge < -0.3 is 9.73 Å². The molecule has 3 aromatic rings. The molecule has 20 heavy (non-hydrogen) atoms. The molecule has 0 radical (unpaired) electrons. The lowest BCUT2D eigenvalue weighted by atomic mass is 10.5. The van der Waals surface area contributed by atoms with Crippen molar-refractivity contribution in [3.8, 4) is 5.95 Å². The summed E-state index contributed by atoms with van der Waals surface area (Å²) in [6, 6.07) is 5.59. The van der Waals surface area contributed by atoms with E-state index in [0.29, 0.717) is 22.8 Å². The number of aromatic nitrogens is 5. The fourth-order valence-electron chi connectivity index (χ4n) is 1.54. The summed E-state index contributed by atoms with van der Waals surface area (Å²) in [5, 5.41) is 7.66. The fraction of sp³-hybridized carbons (Fsp3) is 0.167. The molecule has 0 atom stereocenters. The van der Waals surface area contributed by atoms with Crippen LogP contribution in [0.4, 0.5) is 5.95 Å². The second kappa shape index (κ2) is 5.74. The second-order valence-electron chi connectivity index (χ2n) is 3.81. The monoisotopic (exact) mass is 288 g/mol. The van der Waals surface area contributed by atoms with Crippen molar-refractivity contribution in [1.82, 2.24) is 24.7 Å². The molecule has 7 nitrogen and oxygen atoms in total. The molecule has 0 unspecified atom stereocenters. The van der Waals surface area contributed by atoms with Crippen LogP contribution in [0.3, 0.4) is 0 Å². The first-order valence-electron chi connectivity index (χ1n) is 5.94. The van der Waals surface area contributed by atoms with Gasteiger partial charge in [0.25, 0.3) is 5.95 Å². The maximum Gasteiger partial charge on any atom is 0.256 e. The first-order valence-corrected chi connectivity index (χ1v) is 6.93. The lowest BCUT2D eigenvalue weighted by Gasteiger charge is -2.05. The summed E-state index contributed by atoms with van der Waals surface area (Å²) < 4.78 is 6.89. The Hall–Kier alpha value is -2.35. The molecule has 3 rings (SSSR count). The maximum atomic E-state index is 5.29. The third-order valence-corrected chi connectivity index (χ3v) is 3.33. The molecule has 0 fully saturated rings. The van der Waals surface area contributed by atoms with Gasteiger partial charge in [-0.3, -0.25) is 0 Å². The van der Waals surface area contributed by atoms with Crippen LogP contribution < -0.4 is 5.32 Å². The largest absolute Gasteiger partial charge is 0.468 e. The van der Waals surface area contributed by atoms with E-state index in [0.717, 1.165) is 5.76 Å². The Bertz CT molecular complexity index is 667. The highest BCUT2D eigenvalue weighted by molar-refractivity contribution is 7.98. The van der Waals surface area contributed by atoms with Crippen molar-refractivity contribution < 1.29 is 4.42 Å². The van der Waals surface area contributed by atoms with Crippen molar-refractivity contribution >= 4 is 17.7 Å². The molecule has 0 spiro atoms. The first kappa shape index (κ1) is 12.7. The van der Waals surface area contributed by atoms with Gasteiger partial charge in [-0.1, -0.05) is 11.8 Å². The Morgan fingerprint density at radius 2 is 2.25 bits per heavy atom. The number of anilines is 1. The van der Waals surface area contributed by atoms with Crippen LogP contribution >= 0.6 is 11.8 Å². The Labute approximate surface area is 119 Å². The summed E-state index contributed by atoms with van der Waals surface area (Å²) in [6.45, 7) is 0. The van der Waals surface area contributed by atoms with Crippen molar-refractivity contribution in [2.75, 3.05) is 12.4 Å². The number of nitrogens with one attached hydrogen (secondary N) is 1. The molecule has 8 heteroatoms. The number of furan rings is 1. The third-order valence-electron chi connectivity index (χ3n) is 2.46. The SMILES string of the molecule is CNc1nc(SCc2ccco2)nc(-n2cccn2)n1. The molecular formula is C12H12N6OS. The van der Waals surface area contributed by atoms with Gasteiger partial charge in [0.15, 0.2) is 5.16 Å². The Morgan fingerprint density at radius 1 is 1.30 bits per heavy atom. The minimum absolute atomic E-state index is 0.483. The smallest absolute Gasteiger partial charge is 0.256 e. The summed E-state index contributed by atoms with van der Waals surface area (Å²) in [5.41, 5.74) is 0. The topological polar surface area (TPSA) is 81.7 Å². The predicted octanol–water partition coefficient (Wildman–Crippen LogP) is 1.98. The molecule has 0 aromatic carbocycles. The predicted molar refractivity (Wildman–Crippen MR) is 74.8 cm³/mol. The molecular weight excluding hydrogens is 276 g/mol. The number of hydrogen-bond acceptors (Lipinski definition) is 7. The van der Waals surface area contributed by atoms with E-state index in [1.165, 1.54) is 11.8 Å². The molecule has 0 aliphatic heterocycles. The molecule has 3 heterocycles. The number of hydrogen-bond donors (Lipinski definition) is 1. The summed E-state index contributed by atoms with van der Waals surface area (Å²) in [6.07, 6.45) is 5.12. The van der Waals surface area contributed by atoms with E-state index in [-0.39, 0.29) is 0 Å². The number of rotatable bonds is 5. The van der Waals surface area contributed by atoms with Crippen molar-refractivity contribution in [2.24, 2.45) is 0 Å². The van der Waals surface area contributed by atoms with Gasteiger partial charge in [0, 0.05) is 19.4 Å². The van der Waals surface area contributed by atoms with Crippen molar-refractivity contribution in [2.45, 2.75) is 10.9 Å². The summed E-state index contributed by atoms with van der Waals surface area (Å²) >= 11 is 1.48. The first-order chi connectivity index (χ1) is 9.85. The van der Waals surface area contributed by atoms with Crippen LogP contribution in [0.1, 0.15) is 5.76 Å². The molecule has 0 saturated carbocycles. The number of nitrogens with zero attached hydrogens (tertiary/aromatic N) is 5. The van der Waals surface area contributed by atoms with E-state index in [1.807, 2.05) is 18.2 Å². The van der Waals surface area contributed by atoms with Gasteiger partial charge in [-0.2, -0.15) is 20.1 Å². The van der Waals surface area contributed by atoms with E-state index in [1.54, 1.807) is 30.4 Å². The second-order valence-corrected chi connectivity index (χ2v) is 4.75. The van der Waals surface area contributed by atoms with E-state index in [4.69, 9.17) is 4.42 Å². The van der Waals surface area contributed by atoms with Crippen LogP contribution in [0.15, 0.2) is 46.4 Å². The van der Waals surface area contributed by atoms with Gasteiger partial charge in [-0.25, -0.2) is 4.68 Å². The summed E-state index contributed by atoms with van der Waals surface area (Å²) in [4.78, 5) is 13.0. The van der Waals surface area contributed by atoms with Gasteiger partial charge in [0.05, 0.1) is 12.0 Å². The fourth-order valence-corrected chi connectivity index (χ4v) is 2.28. The number of thioether (sulfide) groups is 1. The van der Waals surface area contributed by atoms with Gasteiger partial charge in [0.1, 0.15) is 5.76 Å². The maximum absolute atomic E-state index is 5.29. The Balaban J connectivity index is 1.84. The van der Waals surface area contributed by atoms with E-state index < -0.39 is 0 Å². The quantitative estimate of drug-likeness (QED) is 0.719. The molecule has 0 aliphatic rings. The molecule has 1 N–H and O–H groups in total. The van der Waals surface area contributed by atoms with Crippen molar-refractivity contribution in [1.29, 1.82) is 0 Å². The minimum atomic E-state index is 0.483. The standard InChI is InChI=1S/C12H12N6OS/c1-13-10-15-11(18-6-3-5-14-18)17-12(16-10)20-8-9-4-2-7-19-9/h2-7H,8H2,1H3,(H,13,15,16,17). The zero-order valence-corrected chi connectivity index (χ0v) is 11.5. The van der Waals surface area contributed by atoms with E-state index in [9.17, 15) is 0 Å². The highest BCUT2D eigenvalue weighted by Gasteiger charge is 2.09. The van der Waals surface area contributed by atoms with Gasteiger partial charge in [-0.05, 0) is 18.2 Å². The van der Waals surface area contributed by atoms with Crippen LogP contribution in [0.25, 0.3) is 5.95 Å². The Kier molecular flexibility index (Phi) is 3.64. The molecule has 3 aromatic heterocycles. The van der Waals surface area contributed by atoms with E-state index >= 15 is 0 Å². The zero-order valence-electron chi connectivity index (χ0n) is 10.7. The Morgan fingerprint density at radius 3 is 2.95 bits per heavy atom. The molecule has 0 saturated heterocycles. The minimum Gasteiger partial charge on any atom is -0.468 e. The normalized spacial score (nSPS) is 10.7. The van der Waals surface area contributed by atoms with Gasteiger partial charge in [-0.15, -0.1) is 0 Å². The van der Waals surface area contributed by atoms with Crippen LogP contribution in [-0.2, 0) is 5.75 Å². The third kappa shape index (κ3) is 2.80. The molecule has 0 aliphatic carbocycles. The zero-order chi connectivity index (χ0) is 13.8. The molecule has 0 bridgehead atoms. The summed E-state index contributed by atoms with van der Waals surface area (Å²) in [7, 11) is 1.77.